The monoisotopic (exact) mass is 335 g/mol. The van der Waals surface area contributed by atoms with E-state index < -0.39 is 5.54 Å². The molecule has 0 unspecified atom stereocenters. The van der Waals surface area contributed by atoms with Crippen molar-refractivity contribution in [2.45, 2.75) is 31.2 Å². The molecular formula is C17H22ClN3O2. The van der Waals surface area contributed by atoms with Crippen molar-refractivity contribution >= 4 is 23.4 Å². The maximum atomic E-state index is 12.6. The van der Waals surface area contributed by atoms with Crippen LogP contribution in [0.1, 0.15) is 36.0 Å². The number of benzene rings is 1. The van der Waals surface area contributed by atoms with Gasteiger partial charge in [-0.05, 0) is 37.1 Å². The Labute approximate surface area is 141 Å². The fraction of sp³-hybridized carbons (Fsp3) is 0.529. The van der Waals surface area contributed by atoms with Gasteiger partial charge in [0, 0.05) is 36.8 Å². The molecule has 1 aliphatic carbocycles. The van der Waals surface area contributed by atoms with Crippen molar-refractivity contribution in [1.82, 2.24) is 9.80 Å². The SMILES string of the molecule is NC1(C(=O)N2CCN(C(=O)c3ccc(Cl)cc3)CC2)CCCC1. The Morgan fingerprint density at radius 2 is 1.48 bits per heavy atom. The van der Waals surface area contributed by atoms with Crippen LogP contribution in [-0.2, 0) is 4.79 Å². The average Bonchev–Trinajstić information content (AvgIpc) is 3.02. The Balaban J connectivity index is 1.59. The Hall–Kier alpha value is -1.59. The highest BCUT2D eigenvalue weighted by atomic mass is 35.5. The van der Waals surface area contributed by atoms with E-state index in [-0.39, 0.29) is 11.8 Å². The fourth-order valence-corrected chi connectivity index (χ4v) is 3.55. The molecule has 6 heteroatoms. The number of carbonyl (C=O) groups excluding carboxylic acids is 2. The van der Waals surface area contributed by atoms with Crippen molar-refractivity contribution < 1.29 is 9.59 Å². The number of amides is 2. The minimum Gasteiger partial charge on any atom is -0.338 e. The molecule has 0 spiro atoms. The lowest BCUT2D eigenvalue weighted by atomic mass is 9.97. The van der Waals surface area contributed by atoms with Crippen LogP contribution in [0.3, 0.4) is 0 Å². The van der Waals surface area contributed by atoms with Gasteiger partial charge in [-0.15, -0.1) is 0 Å². The number of piperazine rings is 1. The van der Waals surface area contributed by atoms with Crippen molar-refractivity contribution in [1.29, 1.82) is 0 Å². The third-order valence-corrected chi connectivity index (χ3v) is 5.12. The van der Waals surface area contributed by atoms with Gasteiger partial charge in [0.2, 0.25) is 5.91 Å². The van der Waals surface area contributed by atoms with Crippen LogP contribution in [0.5, 0.6) is 0 Å². The van der Waals surface area contributed by atoms with Crippen molar-refractivity contribution in [2.24, 2.45) is 5.73 Å². The van der Waals surface area contributed by atoms with Crippen LogP contribution in [-0.4, -0.2) is 53.3 Å². The summed E-state index contributed by atoms with van der Waals surface area (Å²) in [4.78, 5) is 28.6. The van der Waals surface area contributed by atoms with E-state index in [1.165, 1.54) is 0 Å². The van der Waals surface area contributed by atoms with Crippen molar-refractivity contribution in [3.63, 3.8) is 0 Å². The normalized spacial score (nSPS) is 20.6. The van der Waals surface area contributed by atoms with E-state index in [0.29, 0.717) is 36.8 Å². The topological polar surface area (TPSA) is 66.6 Å². The molecule has 1 heterocycles. The van der Waals surface area contributed by atoms with Gasteiger partial charge in [-0.25, -0.2) is 0 Å². The molecule has 2 amide bonds. The second-order valence-electron chi connectivity index (χ2n) is 6.45. The first-order chi connectivity index (χ1) is 11.0. The first kappa shape index (κ1) is 16.3. The Morgan fingerprint density at radius 3 is 2.04 bits per heavy atom. The third kappa shape index (κ3) is 3.35. The minimum absolute atomic E-state index is 0.0166. The van der Waals surface area contributed by atoms with Gasteiger partial charge in [-0.1, -0.05) is 24.4 Å². The predicted octanol–water partition coefficient (Wildman–Crippen LogP) is 1.90. The molecule has 0 aromatic heterocycles. The first-order valence-corrected chi connectivity index (χ1v) is 8.50. The van der Waals surface area contributed by atoms with E-state index in [1.807, 2.05) is 4.90 Å². The van der Waals surface area contributed by atoms with Gasteiger partial charge in [0.1, 0.15) is 0 Å². The van der Waals surface area contributed by atoms with Gasteiger partial charge in [-0.2, -0.15) is 0 Å². The largest absolute Gasteiger partial charge is 0.338 e. The number of nitrogens with zero attached hydrogens (tertiary/aromatic N) is 2. The van der Waals surface area contributed by atoms with E-state index in [1.54, 1.807) is 29.2 Å². The van der Waals surface area contributed by atoms with E-state index in [0.717, 1.165) is 25.7 Å². The molecule has 2 N–H and O–H groups in total. The summed E-state index contributed by atoms with van der Waals surface area (Å²) in [5.41, 5.74) is 6.20. The van der Waals surface area contributed by atoms with Crippen molar-refractivity contribution in [3.05, 3.63) is 34.9 Å². The highest BCUT2D eigenvalue weighted by Crippen LogP contribution is 2.29. The molecule has 1 aromatic carbocycles. The maximum absolute atomic E-state index is 12.6. The van der Waals surface area contributed by atoms with Crippen LogP contribution in [0.15, 0.2) is 24.3 Å². The first-order valence-electron chi connectivity index (χ1n) is 8.13. The van der Waals surface area contributed by atoms with Gasteiger partial charge in [0.25, 0.3) is 5.91 Å². The van der Waals surface area contributed by atoms with E-state index in [9.17, 15) is 9.59 Å². The summed E-state index contributed by atoms with van der Waals surface area (Å²) in [5.74, 6) is 0.0330. The highest BCUT2D eigenvalue weighted by molar-refractivity contribution is 6.30. The smallest absolute Gasteiger partial charge is 0.253 e. The molecule has 1 aliphatic heterocycles. The Bertz CT molecular complexity index is 588. The molecule has 5 nitrogen and oxygen atoms in total. The minimum atomic E-state index is -0.678. The van der Waals surface area contributed by atoms with Gasteiger partial charge in [-0.3, -0.25) is 9.59 Å². The van der Waals surface area contributed by atoms with E-state index in [2.05, 4.69) is 0 Å². The van der Waals surface area contributed by atoms with Crippen LogP contribution >= 0.6 is 11.6 Å². The number of halogens is 1. The summed E-state index contributed by atoms with van der Waals surface area (Å²) >= 11 is 5.85. The maximum Gasteiger partial charge on any atom is 0.253 e. The van der Waals surface area contributed by atoms with Crippen molar-refractivity contribution in [2.75, 3.05) is 26.2 Å². The van der Waals surface area contributed by atoms with E-state index >= 15 is 0 Å². The zero-order chi connectivity index (χ0) is 16.4. The predicted molar refractivity (Wildman–Crippen MR) is 89.3 cm³/mol. The quantitative estimate of drug-likeness (QED) is 0.897. The number of nitrogens with two attached hydrogens (primary N) is 1. The number of carbonyl (C=O) groups is 2. The van der Waals surface area contributed by atoms with Crippen LogP contribution in [0, 0.1) is 0 Å². The summed E-state index contributed by atoms with van der Waals surface area (Å²) in [6.45, 7) is 2.20. The summed E-state index contributed by atoms with van der Waals surface area (Å²) in [7, 11) is 0. The molecule has 23 heavy (non-hydrogen) atoms. The number of rotatable bonds is 2. The zero-order valence-electron chi connectivity index (χ0n) is 13.1. The molecule has 0 atom stereocenters. The van der Waals surface area contributed by atoms with Gasteiger partial charge in [0.15, 0.2) is 0 Å². The van der Waals surface area contributed by atoms with Crippen LogP contribution < -0.4 is 5.73 Å². The summed E-state index contributed by atoms with van der Waals surface area (Å²) in [5, 5.41) is 0.613. The second kappa shape index (κ2) is 6.49. The summed E-state index contributed by atoms with van der Waals surface area (Å²) in [6.07, 6.45) is 3.60. The Morgan fingerprint density at radius 1 is 0.957 bits per heavy atom. The molecule has 3 rings (SSSR count). The van der Waals surface area contributed by atoms with Crippen LogP contribution in [0.4, 0.5) is 0 Å². The molecule has 2 aliphatic rings. The molecule has 1 aromatic rings. The lowest BCUT2D eigenvalue weighted by molar-refractivity contribution is -0.138. The fourth-order valence-electron chi connectivity index (χ4n) is 3.42. The molecule has 2 fully saturated rings. The third-order valence-electron chi connectivity index (χ3n) is 4.87. The van der Waals surface area contributed by atoms with Crippen molar-refractivity contribution in [3.8, 4) is 0 Å². The molecule has 1 saturated heterocycles. The van der Waals surface area contributed by atoms with Gasteiger partial charge in [0.05, 0.1) is 5.54 Å². The molecule has 0 radical (unpaired) electrons. The standard InChI is InChI=1S/C17H22ClN3O2/c18-14-5-3-13(4-6-14)15(22)20-9-11-21(12-10-20)16(23)17(19)7-1-2-8-17/h3-6H,1-2,7-12,19H2. The van der Waals surface area contributed by atoms with Gasteiger partial charge < -0.3 is 15.5 Å². The lowest BCUT2D eigenvalue weighted by Crippen LogP contribution is -2.59. The Kier molecular flexibility index (Phi) is 4.60. The second-order valence-corrected chi connectivity index (χ2v) is 6.89. The van der Waals surface area contributed by atoms with Gasteiger partial charge >= 0.3 is 0 Å². The number of hydrogen-bond donors (Lipinski definition) is 1. The van der Waals surface area contributed by atoms with E-state index in [4.69, 9.17) is 17.3 Å². The number of hydrogen-bond acceptors (Lipinski definition) is 3. The average molecular weight is 336 g/mol. The lowest BCUT2D eigenvalue weighted by Gasteiger charge is -2.38. The molecule has 1 saturated carbocycles. The molecular weight excluding hydrogens is 314 g/mol. The molecule has 124 valence electrons. The summed E-state index contributed by atoms with van der Waals surface area (Å²) in [6, 6.07) is 6.89. The van der Waals surface area contributed by atoms with Crippen LogP contribution in [0.2, 0.25) is 5.02 Å². The van der Waals surface area contributed by atoms with Crippen LogP contribution in [0.25, 0.3) is 0 Å². The zero-order valence-corrected chi connectivity index (χ0v) is 13.9. The highest BCUT2D eigenvalue weighted by Gasteiger charge is 2.40. The molecule has 0 bridgehead atoms. The summed E-state index contributed by atoms with van der Waals surface area (Å²) < 4.78 is 0.